The van der Waals surface area contributed by atoms with Crippen LogP contribution in [-0.2, 0) is 0 Å². The molecule has 0 aliphatic carbocycles. The second-order valence-electron chi connectivity index (χ2n) is 2.23. The second kappa shape index (κ2) is 4.43. The van der Waals surface area contributed by atoms with Crippen molar-refractivity contribution in [2.45, 2.75) is 6.43 Å². The van der Waals surface area contributed by atoms with Gasteiger partial charge in [0.2, 0.25) is 0 Å². The summed E-state index contributed by atoms with van der Waals surface area (Å²) in [5.41, 5.74) is -0.996. The van der Waals surface area contributed by atoms with Crippen LogP contribution in [0.25, 0.3) is 0 Å². The molecule has 0 aliphatic rings. The van der Waals surface area contributed by atoms with Crippen LogP contribution in [0.3, 0.4) is 0 Å². The number of hydrogen-bond acceptors (Lipinski definition) is 3. The predicted octanol–water partition coefficient (Wildman–Crippen LogP) is 3.29. The highest BCUT2D eigenvalue weighted by atomic mass is 127. The van der Waals surface area contributed by atoms with Gasteiger partial charge in [-0.15, -0.1) is 0 Å². The molecule has 1 aromatic heterocycles. The van der Waals surface area contributed by atoms with Crippen molar-refractivity contribution in [3.63, 3.8) is 0 Å². The maximum absolute atomic E-state index is 12.2. The highest BCUT2D eigenvalue weighted by Gasteiger charge is 2.21. The number of halogens is 4. The van der Waals surface area contributed by atoms with Gasteiger partial charge in [0, 0.05) is 6.07 Å². The van der Waals surface area contributed by atoms with Crippen LogP contribution in [0, 0.1) is 13.8 Å². The van der Waals surface area contributed by atoms with Crippen LogP contribution in [0.15, 0.2) is 10.5 Å². The normalized spacial score (nSPS) is 10.6. The van der Waals surface area contributed by atoms with Crippen molar-refractivity contribution in [3.05, 3.63) is 30.0 Å². The molecule has 0 fully saturated rings. The van der Waals surface area contributed by atoms with E-state index in [-0.39, 0.29) is 8.17 Å². The molecule has 0 radical (unpaired) electrons. The monoisotopic (exact) mass is 378 g/mol. The maximum atomic E-state index is 12.2. The van der Waals surface area contributed by atoms with E-state index < -0.39 is 22.7 Å². The third-order valence-electron chi connectivity index (χ3n) is 1.34. The molecule has 0 spiro atoms. The number of aromatic nitrogens is 1. The predicted molar refractivity (Wildman–Crippen MR) is 56.3 cm³/mol. The smallest absolute Gasteiger partial charge is 0.258 e. The van der Waals surface area contributed by atoms with Crippen LogP contribution >= 0.6 is 38.5 Å². The molecule has 8 heteroatoms. The first-order chi connectivity index (χ1) is 6.43. The van der Waals surface area contributed by atoms with Crippen LogP contribution < -0.4 is 0 Å². The molecule has 0 atom stereocenters. The Kier molecular flexibility index (Phi) is 3.70. The van der Waals surface area contributed by atoms with Crippen LogP contribution in [-0.4, -0.2) is 9.91 Å². The fraction of sp³-hybridized carbons (Fsp3) is 0.167. The number of pyridine rings is 1. The van der Waals surface area contributed by atoms with E-state index in [0.29, 0.717) is 0 Å². The molecule has 0 unspecified atom stereocenters. The van der Waals surface area contributed by atoms with E-state index in [0.717, 1.165) is 6.07 Å². The number of nitro groups is 1. The van der Waals surface area contributed by atoms with Crippen molar-refractivity contribution in [2.75, 3.05) is 0 Å². The lowest BCUT2D eigenvalue weighted by atomic mass is 10.3. The highest BCUT2D eigenvalue weighted by Crippen LogP contribution is 2.31. The first-order valence-electron chi connectivity index (χ1n) is 3.22. The minimum atomic E-state index is -2.81. The van der Waals surface area contributed by atoms with E-state index in [9.17, 15) is 18.9 Å². The molecular formula is C6H2BrF2IN2O2. The van der Waals surface area contributed by atoms with Gasteiger partial charge in [-0.25, -0.2) is 13.8 Å². The van der Waals surface area contributed by atoms with Gasteiger partial charge in [0.05, 0.1) is 4.92 Å². The number of hydrogen-bond donors (Lipinski definition) is 0. The number of alkyl halides is 2. The van der Waals surface area contributed by atoms with Gasteiger partial charge in [-0.2, -0.15) is 0 Å². The van der Waals surface area contributed by atoms with Crippen LogP contribution in [0.1, 0.15) is 12.1 Å². The molecule has 0 aliphatic heterocycles. The first kappa shape index (κ1) is 11.7. The second-order valence-corrected chi connectivity index (χ2v) is 4.04. The van der Waals surface area contributed by atoms with E-state index in [4.69, 9.17) is 0 Å². The average Bonchev–Trinajstić information content (AvgIpc) is 2.08. The van der Waals surface area contributed by atoms with Crippen LogP contribution in [0.4, 0.5) is 14.5 Å². The average molecular weight is 379 g/mol. The molecular weight excluding hydrogens is 377 g/mol. The van der Waals surface area contributed by atoms with Crippen molar-refractivity contribution in [3.8, 4) is 0 Å². The summed E-state index contributed by atoms with van der Waals surface area (Å²) in [5.74, 6) is 0. The molecule has 0 amide bonds. The third kappa shape index (κ3) is 2.35. The lowest BCUT2D eigenvalue weighted by Crippen LogP contribution is -1.99. The van der Waals surface area contributed by atoms with Gasteiger partial charge in [0.1, 0.15) is 13.9 Å². The topological polar surface area (TPSA) is 56.0 Å². The van der Waals surface area contributed by atoms with Gasteiger partial charge in [0.15, 0.2) is 0 Å². The molecule has 76 valence electrons. The molecule has 4 nitrogen and oxygen atoms in total. The van der Waals surface area contributed by atoms with Crippen molar-refractivity contribution < 1.29 is 13.7 Å². The van der Waals surface area contributed by atoms with Gasteiger partial charge in [-0.05, 0) is 38.5 Å². The van der Waals surface area contributed by atoms with Gasteiger partial charge < -0.3 is 0 Å². The molecule has 1 rings (SSSR count). The SMILES string of the molecule is O=[N+]([O-])c1cc(C(F)F)nc(I)c1Br. The molecule has 0 saturated heterocycles. The van der Waals surface area contributed by atoms with E-state index in [1.165, 1.54) is 0 Å². The van der Waals surface area contributed by atoms with Crippen molar-refractivity contribution in [1.82, 2.24) is 4.98 Å². The summed E-state index contributed by atoms with van der Waals surface area (Å²) < 4.78 is 24.7. The van der Waals surface area contributed by atoms with Crippen LogP contribution in [0.2, 0.25) is 0 Å². The van der Waals surface area contributed by atoms with Crippen molar-refractivity contribution in [1.29, 1.82) is 0 Å². The summed E-state index contributed by atoms with van der Waals surface area (Å²) in [6.07, 6.45) is -2.81. The van der Waals surface area contributed by atoms with Gasteiger partial charge in [-0.3, -0.25) is 10.1 Å². The Morgan fingerprint density at radius 2 is 2.21 bits per heavy atom. The van der Waals surface area contributed by atoms with E-state index in [1.54, 1.807) is 22.6 Å². The van der Waals surface area contributed by atoms with Crippen molar-refractivity contribution in [2.24, 2.45) is 0 Å². The quantitative estimate of drug-likeness (QED) is 0.343. The standard InChI is InChI=1S/C6H2BrF2IN2O2/c7-4-3(12(13)14)1-2(5(8)9)11-6(4)10/h1,5H. The number of nitrogens with zero attached hydrogens (tertiary/aromatic N) is 2. The Morgan fingerprint density at radius 1 is 1.64 bits per heavy atom. The third-order valence-corrected chi connectivity index (χ3v) is 3.64. The molecule has 1 heterocycles. The largest absolute Gasteiger partial charge is 0.288 e. The molecule has 0 aromatic carbocycles. The fourth-order valence-electron chi connectivity index (χ4n) is 0.748. The Hall–Kier alpha value is -0.380. The number of rotatable bonds is 2. The Morgan fingerprint density at radius 3 is 2.64 bits per heavy atom. The van der Waals surface area contributed by atoms with Gasteiger partial charge in [0.25, 0.3) is 12.1 Å². The fourth-order valence-corrected chi connectivity index (χ4v) is 1.65. The highest BCUT2D eigenvalue weighted by molar-refractivity contribution is 14.1. The van der Waals surface area contributed by atoms with E-state index in [2.05, 4.69) is 20.9 Å². The lowest BCUT2D eigenvalue weighted by Gasteiger charge is -2.02. The summed E-state index contributed by atoms with van der Waals surface area (Å²) in [7, 11) is 0. The zero-order valence-corrected chi connectivity index (χ0v) is 10.1. The Bertz CT molecular complexity index is 388. The summed E-state index contributed by atoms with van der Waals surface area (Å²) in [4.78, 5) is 13.2. The minimum Gasteiger partial charge on any atom is -0.258 e. The van der Waals surface area contributed by atoms with Crippen molar-refractivity contribution >= 4 is 44.2 Å². The van der Waals surface area contributed by atoms with Crippen LogP contribution in [0.5, 0.6) is 0 Å². The van der Waals surface area contributed by atoms with Gasteiger partial charge in [-0.1, -0.05) is 0 Å². The molecule has 0 bridgehead atoms. The lowest BCUT2D eigenvalue weighted by molar-refractivity contribution is -0.385. The summed E-state index contributed by atoms with van der Waals surface area (Å²) in [6, 6.07) is 0.761. The zero-order valence-electron chi connectivity index (χ0n) is 6.38. The first-order valence-corrected chi connectivity index (χ1v) is 5.09. The van der Waals surface area contributed by atoms with E-state index >= 15 is 0 Å². The maximum Gasteiger partial charge on any atom is 0.288 e. The Labute approximate surface area is 99.1 Å². The van der Waals surface area contributed by atoms with Gasteiger partial charge >= 0.3 is 0 Å². The summed E-state index contributed by atoms with van der Waals surface area (Å²) in [5, 5.41) is 10.4. The zero-order chi connectivity index (χ0) is 10.9. The summed E-state index contributed by atoms with van der Waals surface area (Å²) in [6.45, 7) is 0. The Balaban J connectivity index is 3.35. The molecule has 0 N–H and O–H groups in total. The van der Waals surface area contributed by atoms with E-state index in [1.807, 2.05) is 0 Å². The minimum absolute atomic E-state index is 0.118. The molecule has 0 saturated carbocycles. The summed E-state index contributed by atoms with van der Waals surface area (Å²) >= 11 is 4.55. The molecule has 1 aromatic rings. The molecule has 14 heavy (non-hydrogen) atoms.